The van der Waals surface area contributed by atoms with Gasteiger partial charge in [0.25, 0.3) is 0 Å². The smallest absolute Gasteiger partial charge is 0.860 e. The molecule has 0 bridgehead atoms. The van der Waals surface area contributed by atoms with Crippen molar-refractivity contribution in [3.05, 3.63) is 0 Å². The van der Waals surface area contributed by atoms with E-state index in [1.807, 2.05) is 0 Å². The summed E-state index contributed by atoms with van der Waals surface area (Å²) in [6.45, 7) is 0. The van der Waals surface area contributed by atoms with Crippen molar-refractivity contribution in [1.82, 2.24) is 0 Å². The van der Waals surface area contributed by atoms with Gasteiger partial charge in [-0.15, -0.1) is 0 Å². The molecule has 0 saturated carbocycles. The van der Waals surface area contributed by atoms with E-state index in [1.165, 1.54) is 0 Å². The van der Waals surface area contributed by atoms with E-state index in [4.69, 9.17) is 0 Å². The minimum atomic E-state index is -2.91. The zero-order valence-corrected chi connectivity index (χ0v) is 8.23. The second kappa shape index (κ2) is 5.87. The van der Waals surface area contributed by atoms with E-state index < -0.39 is 19.3 Å². The van der Waals surface area contributed by atoms with Gasteiger partial charge in [0.15, 0.2) is 5.97 Å². The number of rotatable bonds is 1. The third-order valence-electron chi connectivity index (χ3n) is 0.370. The van der Waals surface area contributed by atoms with Gasteiger partial charge < -0.3 is 24.6 Å². The molecule has 0 atom stereocenters. The Kier molecular flexibility index (Phi) is 7.50. The van der Waals surface area contributed by atoms with Crippen molar-refractivity contribution in [3.63, 3.8) is 0 Å². The number of hydrogen-bond donors (Lipinski definition) is 0. The van der Waals surface area contributed by atoms with E-state index in [9.17, 15) is 24.7 Å². The van der Waals surface area contributed by atoms with Crippen molar-refractivity contribution < 1.29 is 65.0 Å². The van der Waals surface area contributed by atoms with Crippen molar-refractivity contribution in [2.24, 2.45) is 0 Å². The zero-order chi connectivity index (χ0) is 7.44. The van der Waals surface area contributed by atoms with Crippen LogP contribution in [0.4, 0.5) is 0 Å². The van der Waals surface area contributed by atoms with Crippen LogP contribution >= 0.6 is 0 Å². The Balaban J connectivity index is 0. The van der Waals surface area contributed by atoms with Gasteiger partial charge in [-0.3, -0.25) is 0 Å². The minimum Gasteiger partial charge on any atom is -0.860 e. The van der Waals surface area contributed by atoms with E-state index in [1.54, 1.807) is 0 Å². The van der Waals surface area contributed by atoms with Crippen LogP contribution in [0.5, 0.6) is 0 Å². The van der Waals surface area contributed by atoms with Crippen LogP contribution in [0.2, 0.25) is 0 Å². The first-order valence-electron chi connectivity index (χ1n) is 1.77. The maximum atomic E-state index is 9.67. The van der Waals surface area contributed by atoms with Gasteiger partial charge in [-0.1, -0.05) is 0 Å². The van der Waals surface area contributed by atoms with E-state index in [2.05, 4.69) is 4.65 Å². The van der Waals surface area contributed by atoms with Gasteiger partial charge in [-0.25, -0.2) is 4.79 Å². The SMILES string of the molecule is O=C([O-])C(=O)OB([O-])[O-].[La+3]. The van der Waals surface area contributed by atoms with E-state index in [-0.39, 0.29) is 35.6 Å². The summed E-state index contributed by atoms with van der Waals surface area (Å²) in [5.74, 6) is -4.14. The number of carbonyl (C=O) groups excluding carboxylic acids is 2. The molecule has 0 aromatic carbocycles. The molecule has 0 aliphatic rings. The summed E-state index contributed by atoms with van der Waals surface area (Å²) >= 11 is 0. The van der Waals surface area contributed by atoms with Crippen LogP contribution in [0.3, 0.4) is 0 Å². The molecule has 0 fully saturated rings. The third kappa shape index (κ3) is 6.24. The summed E-state index contributed by atoms with van der Waals surface area (Å²) in [7, 11) is -2.91. The Morgan fingerprint density at radius 3 is 1.80 bits per heavy atom. The standard InChI is InChI=1S/C2HBO6.La/c4-1(5)2(6)9-3(7)8;/h(H,4,5);/q-2;+3/p-1. The van der Waals surface area contributed by atoms with E-state index >= 15 is 0 Å². The maximum absolute atomic E-state index is 9.67. The van der Waals surface area contributed by atoms with Gasteiger partial charge in [-0.2, -0.15) is 0 Å². The number of carbonyl (C=O) groups is 2. The summed E-state index contributed by atoms with van der Waals surface area (Å²) in [5, 5.41) is 28.1. The molecule has 0 aliphatic heterocycles. The molecule has 0 radical (unpaired) electrons. The van der Waals surface area contributed by atoms with Gasteiger partial charge in [0.1, 0.15) is 7.32 Å². The average Bonchev–Trinajstić information content (AvgIpc) is 1.63. The van der Waals surface area contributed by atoms with Crippen LogP contribution in [0.15, 0.2) is 0 Å². The summed E-state index contributed by atoms with van der Waals surface area (Å²) in [4.78, 5) is 19.0. The Labute approximate surface area is 84.0 Å². The van der Waals surface area contributed by atoms with E-state index in [0.717, 1.165) is 0 Å². The molecule has 6 nitrogen and oxygen atoms in total. The fourth-order valence-corrected chi connectivity index (χ4v) is 0.136. The zero-order valence-electron chi connectivity index (χ0n) is 4.60. The summed E-state index contributed by atoms with van der Waals surface area (Å²) in [6, 6.07) is 0. The first kappa shape index (κ1) is 12.8. The van der Waals surface area contributed by atoms with Gasteiger partial charge in [0, 0.05) is 0 Å². The molecule has 0 spiro atoms. The quantitative estimate of drug-likeness (QED) is 0.348. The molecule has 0 aromatic rings. The second-order valence-corrected chi connectivity index (χ2v) is 0.981. The molecule has 0 aromatic heterocycles. The average molecular weight is 270 g/mol. The first-order valence-corrected chi connectivity index (χ1v) is 1.77. The molecule has 10 heavy (non-hydrogen) atoms. The van der Waals surface area contributed by atoms with Crippen molar-refractivity contribution in [1.29, 1.82) is 0 Å². The van der Waals surface area contributed by atoms with Gasteiger partial charge >= 0.3 is 41.6 Å². The molecule has 8 heteroatoms. The molecular weight excluding hydrogens is 270 g/mol. The van der Waals surface area contributed by atoms with Crippen LogP contribution in [0, 0.1) is 35.6 Å². The van der Waals surface area contributed by atoms with E-state index in [0.29, 0.717) is 0 Å². The minimum absolute atomic E-state index is 0. The number of hydrogen-bond acceptors (Lipinski definition) is 6. The fourth-order valence-electron chi connectivity index (χ4n) is 0.136. The van der Waals surface area contributed by atoms with Crippen molar-refractivity contribution >= 4 is 19.3 Å². The number of carboxylic acids is 1. The van der Waals surface area contributed by atoms with Crippen molar-refractivity contribution in [2.75, 3.05) is 0 Å². The Morgan fingerprint density at radius 1 is 1.30 bits per heavy atom. The molecule has 0 rings (SSSR count). The Morgan fingerprint density at radius 2 is 1.70 bits per heavy atom. The monoisotopic (exact) mass is 270 g/mol. The van der Waals surface area contributed by atoms with Gasteiger partial charge in [0.2, 0.25) is 0 Å². The van der Waals surface area contributed by atoms with Crippen LogP contribution in [0.1, 0.15) is 0 Å². The molecule has 0 N–H and O–H groups in total. The second-order valence-electron chi connectivity index (χ2n) is 0.981. The number of carboxylic acid groups (broad SMARTS) is 1. The molecule has 0 amide bonds. The van der Waals surface area contributed by atoms with Crippen LogP contribution in [0.25, 0.3) is 0 Å². The van der Waals surface area contributed by atoms with Gasteiger partial charge in [-0.05, 0) is 0 Å². The maximum Gasteiger partial charge on any atom is 3.00 e. The largest absolute Gasteiger partial charge is 3.00 e. The molecule has 0 heterocycles. The molecular formula is C2BLaO6. The molecule has 50 valence electrons. The topological polar surface area (TPSA) is 113 Å². The Hall–Kier alpha value is 0.120. The summed E-state index contributed by atoms with van der Waals surface area (Å²) < 4.78 is 3.10. The molecule has 0 aliphatic carbocycles. The normalized spacial score (nSPS) is 7.40. The van der Waals surface area contributed by atoms with Gasteiger partial charge in [0.05, 0.1) is 0 Å². The third-order valence-corrected chi connectivity index (χ3v) is 0.370. The Bertz CT molecular complexity index is 134. The predicted octanol–water partition coefficient (Wildman–Crippen LogP) is -5.02. The predicted molar refractivity (Wildman–Crippen MR) is 16.9 cm³/mol. The fraction of sp³-hybridized carbons (Fsp3) is 0. The van der Waals surface area contributed by atoms with Crippen LogP contribution < -0.4 is 15.2 Å². The first-order chi connectivity index (χ1) is 4.04. The van der Waals surface area contributed by atoms with Crippen molar-refractivity contribution in [2.45, 2.75) is 0 Å². The van der Waals surface area contributed by atoms with Crippen LogP contribution in [-0.2, 0) is 14.2 Å². The summed E-state index contributed by atoms with van der Waals surface area (Å²) in [5.41, 5.74) is 0. The molecule has 0 unspecified atom stereocenters. The van der Waals surface area contributed by atoms with Crippen molar-refractivity contribution in [3.8, 4) is 0 Å². The molecule has 0 saturated heterocycles. The van der Waals surface area contributed by atoms with Crippen LogP contribution in [-0.4, -0.2) is 19.3 Å². The number of aliphatic carboxylic acids is 1. The summed E-state index contributed by atoms with van der Waals surface area (Å²) in [6.07, 6.45) is 0.